The molecule has 15 heteroatoms. The van der Waals surface area contributed by atoms with Gasteiger partial charge >= 0.3 is 10.3 Å². The first-order chi connectivity index (χ1) is 15.1. The average molecular weight is 483 g/mol. The largest absolute Gasteiger partial charge is 0.398 e. The van der Waals surface area contributed by atoms with Crippen molar-refractivity contribution in [3.05, 3.63) is 47.0 Å². The summed E-state index contributed by atoms with van der Waals surface area (Å²) in [7, 11) is -3.73. The quantitative estimate of drug-likeness (QED) is 0.158. The highest BCUT2D eigenvalue weighted by Gasteiger charge is 2.54. The lowest BCUT2D eigenvalue weighted by Gasteiger charge is -2.44. The molecular weight excluding hydrogens is 464 g/mol. The first-order valence-electron chi connectivity index (χ1n) is 8.90. The molecule has 1 aliphatic heterocycles. The van der Waals surface area contributed by atoms with Gasteiger partial charge in [0.1, 0.15) is 18.8 Å². The first kappa shape index (κ1) is 23.1. The van der Waals surface area contributed by atoms with Crippen LogP contribution in [0.2, 0.25) is 0 Å². The minimum Gasteiger partial charge on any atom is -0.398 e. The van der Waals surface area contributed by atoms with Crippen LogP contribution in [0.3, 0.4) is 0 Å². The van der Waals surface area contributed by atoms with Crippen LogP contribution in [0.25, 0.3) is 0 Å². The van der Waals surface area contributed by atoms with Gasteiger partial charge in [0, 0.05) is 17.5 Å². The van der Waals surface area contributed by atoms with E-state index in [-0.39, 0.29) is 27.4 Å². The summed E-state index contributed by atoms with van der Waals surface area (Å²) in [6, 6.07) is 5.40. The van der Waals surface area contributed by atoms with Gasteiger partial charge < -0.3 is 21.2 Å². The summed E-state index contributed by atoms with van der Waals surface area (Å²) in [5.41, 5.74) is 5.64. The number of benzene rings is 1. The Morgan fingerprint density at radius 3 is 2.59 bits per heavy atom. The predicted molar refractivity (Wildman–Crippen MR) is 113 cm³/mol. The highest BCUT2D eigenvalue weighted by molar-refractivity contribution is 7.84. The molecule has 1 fully saturated rings. The molecule has 2 aromatic rings. The number of hydrogen-bond acceptors (Lipinski definition) is 10. The molecule has 2 heterocycles. The van der Waals surface area contributed by atoms with Crippen LogP contribution < -0.4 is 16.4 Å². The van der Waals surface area contributed by atoms with Crippen LogP contribution in [0.5, 0.6) is 0 Å². The summed E-state index contributed by atoms with van der Waals surface area (Å²) in [5.74, 6) is -2.52. The third-order valence-corrected chi connectivity index (χ3v) is 6.00. The lowest BCUT2D eigenvalue weighted by molar-refractivity contribution is -0.144. The zero-order chi connectivity index (χ0) is 23.5. The fourth-order valence-electron chi connectivity index (χ4n) is 2.95. The van der Waals surface area contributed by atoms with E-state index >= 15 is 0 Å². The Labute approximate surface area is 186 Å². The van der Waals surface area contributed by atoms with Crippen LogP contribution in [0.1, 0.15) is 16.1 Å². The fraction of sp³-hybridized carbons (Fsp3) is 0.235. The van der Waals surface area contributed by atoms with Gasteiger partial charge in [-0.25, -0.2) is 9.29 Å². The number of amides is 3. The molecule has 0 spiro atoms. The summed E-state index contributed by atoms with van der Waals surface area (Å²) < 4.78 is 32.8. The van der Waals surface area contributed by atoms with Gasteiger partial charge in [0.25, 0.3) is 17.7 Å². The number of anilines is 1. The van der Waals surface area contributed by atoms with Gasteiger partial charge in [-0.05, 0) is 12.1 Å². The van der Waals surface area contributed by atoms with Gasteiger partial charge in [-0.2, -0.15) is 8.42 Å². The Balaban J connectivity index is 1.77. The Morgan fingerprint density at radius 1 is 1.34 bits per heavy atom. The molecule has 0 saturated carbocycles. The monoisotopic (exact) mass is 482 g/mol. The molecule has 2 unspecified atom stereocenters. The smallest absolute Gasteiger partial charge is 0.362 e. The Morgan fingerprint density at radius 2 is 2.03 bits per heavy atom. The Bertz CT molecular complexity index is 1170. The normalized spacial score (nSPS) is 18.6. The predicted octanol–water partition coefficient (Wildman–Crippen LogP) is -0.996. The molecule has 3 rings (SSSR count). The summed E-state index contributed by atoms with van der Waals surface area (Å²) in [4.78, 5) is 45.9. The van der Waals surface area contributed by atoms with E-state index in [0.717, 1.165) is 11.3 Å². The lowest BCUT2D eigenvalue weighted by Crippen LogP contribution is -2.74. The Kier molecular flexibility index (Phi) is 6.71. The maximum absolute atomic E-state index is 12.7. The third-order valence-electron chi connectivity index (χ3n) is 4.37. The molecule has 170 valence electrons. The maximum atomic E-state index is 12.7. The lowest BCUT2D eigenvalue weighted by atomic mass is 9.98. The standard InChI is InChI=1S/C17H18N6O7S2/c1-30-22-12(10-8-31-17(18)20-10)15(25)21-13-11(23(16(13)26)32(27,28)29)7-19-14(24)9-5-3-2-4-6-9/h2-6,8,11,13H,7H2,1H3,(H2,18,20)(H,19,24)(H,21,25)(H,27,28,29). The molecule has 3 amide bonds. The van der Waals surface area contributed by atoms with Crippen LogP contribution in [0.15, 0.2) is 40.9 Å². The SMILES string of the molecule is CON=C(C(=O)NC1C(=O)N(S(=O)(=O)O)C1CNC(=O)c1ccccc1)c1csc(N)n1. The van der Waals surface area contributed by atoms with Gasteiger partial charge in [0.2, 0.25) is 0 Å². The second-order valence-electron chi connectivity index (χ2n) is 6.40. The van der Waals surface area contributed by atoms with Crippen LogP contribution >= 0.6 is 11.3 Å². The summed E-state index contributed by atoms with van der Waals surface area (Å²) in [6.45, 7) is -0.370. The summed E-state index contributed by atoms with van der Waals surface area (Å²) in [6.07, 6.45) is 0. The van der Waals surface area contributed by atoms with Gasteiger partial charge in [-0.3, -0.25) is 18.9 Å². The molecule has 1 aliphatic rings. The van der Waals surface area contributed by atoms with Crippen molar-refractivity contribution in [2.45, 2.75) is 12.1 Å². The molecule has 1 saturated heterocycles. The Hall–Kier alpha value is -3.56. The van der Waals surface area contributed by atoms with E-state index in [2.05, 4.69) is 25.6 Å². The number of nitrogen functional groups attached to an aromatic ring is 1. The average Bonchev–Trinajstić information content (AvgIpc) is 3.17. The molecule has 5 N–H and O–H groups in total. The van der Waals surface area contributed by atoms with E-state index in [0.29, 0.717) is 5.56 Å². The molecule has 0 aliphatic carbocycles. The number of nitrogens with one attached hydrogen (secondary N) is 2. The van der Waals surface area contributed by atoms with E-state index in [1.165, 1.54) is 24.6 Å². The van der Waals surface area contributed by atoms with Crippen molar-refractivity contribution in [3.8, 4) is 0 Å². The van der Waals surface area contributed by atoms with Crippen molar-refractivity contribution < 1.29 is 32.2 Å². The molecular formula is C17H18N6O7S2. The molecule has 2 atom stereocenters. The molecule has 32 heavy (non-hydrogen) atoms. The van der Waals surface area contributed by atoms with Gasteiger partial charge in [-0.15, -0.1) is 11.3 Å². The number of carbonyl (C=O) groups excluding carboxylic acids is 3. The van der Waals surface area contributed by atoms with Crippen LogP contribution in [-0.2, 0) is 24.7 Å². The molecule has 1 aromatic carbocycles. The highest BCUT2D eigenvalue weighted by atomic mass is 32.2. The van der Waals surface area contributed by atoms with E-state index in [1.807, 2.05) is 0 Å². The number of aromatic nitrogens is 1. The van der Waals surface area contributed by atoms with Gasteiger partial charge in [0.15, 0.2) is 10.8 Å². The van der Waals surface area contributed by atoms with Gasteiger partial charge in [0.05, 0.1) is 6.04 Å². The van der Waals surface area contributed by atoms with Crippen molar-refractivity contribution in [1.82, 2.24) is 19.9 Å². The summed E-state index contributed by atoms with van der Waals surface area (Å²) >= 11 is 1.04. The third kappa shape index (κ3) is 4.84. The number of thiazole rings is 1. The topological polar surface area (TPSA) is 193 Å². The van der Waals surface area contributed by atoms with Crippen LogP contribution in [0.4, 0.5) is 5.13 Å². The number of rotatable bonds is 8. The number of nitrogens with two attached hydrogens (primary N) is 1. The van der Waals surface area contributed by atoms with Crippen molar-refractivity contribution in [3.63, 3.8) is 0 Å². The van der Waals surface area contributed by atoms with E-state index < -0.39 is 40.1 Å². The zero-order valence-corrected chi connectivity index (χ0v) is 18.1. The highest BCUT2D eigenvalue weighted by Crippen LogP contribution is 2.23. The molecule has 13 nitrogen and oxygen atoms in total. The second kappa shape index (κ2) is 9.29. The number of oxime groups is 1. The van der Waals surface area contributed by atoms with E-state index in [1.54, 1.807) is 18.2 Å². The second-order valence-corrected chi connectivity index (χ2v) is 8.58. The maximum Gasteiger partial charge on any atom is 0.362 e. The molecule has 1 aromatic heterocycles. The molecule has 0 bridgehead atoms. The molecule has 0 radical (unpaired) electrons. The number of carbonyl (C=O) groups is 3. The number of nitrogens with zero attached hydrogens (tertiary/aromatic N) is 3. The zero-order valence-electron chi connectivity index (χ0n) is 16.5. The van der Waals surface area contributed by atoms with Crippen LogP contribution in [-0.4, -0.2) is 71.4 Å². The first-order valence-corrected chi connectivity index (χ1v) is 11.2. The minimum atomic E-state index is -4.93. The van der Waals surface area contributed by atoms with E-state index in [4.69, 9.17) is 5.73 Å². The minimum absolute atomic E-state index is 0.0826. The number of hydrogen-bond donors (Lipinski definition) is 4. The van der Waals surface area contributed by atoms with Crippen molar-refractivity contribution in [1.29, 1.82) is 0 Å². The van der Waals surface area contributed by atoms with E-state index in [9.17, 15) is 27.4 Å². The van der Waals surface area contributed by atoms with Crippen molar-refractivity contribution in [2.75, 3.05) is 19.4 Å². The van der Waals surface area contributed by atoms with Gasteiger partial charge in [-0.1, -0.05) is 23.4 Å². The summed E-state index contributed by atoms with van der Waals surface area (Å²) in [5, 5.41) is 9.99. The van der Waals surface area contributed by atoms with Crippen LogP contribution in [0, 0.1) is 0 Å². The van der Waals surface area contributed by atoms with Crippen molar-refractivity contribution >= 4 is 50.2 Å². The van der Waals surface area contributed by atoms with Crippen molar-refractivity contribution in [2.24, 2.45) is 5.16 Å². The fourth-order valence-corrected chi connectivity index (χ4v) is 4.38. The number of β-lactam (4-membered cyclic amide) rings is 1.